The number of ether oxygens (including phenoxy) is 1. The lowest BCUT2D eigenvalue weighted by Gasteiger charge is -2.39. The number of morpholine rings is 1. The third-order valence-corrected chi connectivity index (χ3v) is 4.28. The van der Waals surface area contributed by atoms with Crippen LogP contribution in [0.3, 0.4) is 0 Å². The SMILES string of the molecule is Clc1ccccc1C1CNCC2(CCCC2)O1. The molecular weight excluding hydrogens is 234 g/mol. The Hall–Kier alpha value is -0.570. The molecule has 1 N–H and O–H groups in total. The van der Waals surface area contributed by atoms with E-state index in [9.17, 15) is 0 Å². The van der Waals surface area contributed by atoms with Crippen molar-refractivity contribution in [2.75, 3.05) is 13.1 Å². The second-order valence-corrected chi connectivity index (χ2v) is 5.56. The Labute approximate surface area is 107 Å². The molecule has 92 valence electrons. The van der Waals surface area contributed by atoms with Crippen molar-refractivity contribution in [3.8, 4) is 0 Å². The molecule has 0 amide bonds. The fourth-order valence-corrected chi connectivity index (χ4v) is 3.30. The molecule has 1 unspecified atom stereocenters. The van der Waals surface area contributed by atoms with Gasteiger partial charge in [-0.25, -0.2) is 0 Å². The number of hydrogen-bond donors (Lipinski definition) is 1. The zero-order valence-corrected chi connectivity index (χ0v) is 10.7. The van der Waals surface area contributed by atoms with Crippen LogP contribution in [-0.2, 0) is 4.74 Å². The molecule has 3 rings (SSSR count). The lowest BCUT2D eigenvalue weighted by atomic mass is 9.97. The monoisotopic (exact) mass is 251 g/mol. The molecule has 1 aromatic rings. The van der Waals surface area contributed by atoms with Gasteiger partial charge in [-0.15, -0.1) is 0 Å². The molecule has 0 radical (unpaired) electrons. The summed E-state index contributed by atoms with van der Waals surface area (Å²) in [5, 5.41) is 4.32. The zero-order chi connectivity index (χ0) is 11.7. The van der Waals surface area contributed by atoms with Crippen molar-refractivity contribution in [1.82, 2.24) is 5.32 Å². The van der Waals surface area contributed by atoms with Crippen molar-refractivity contribution in [3.05, 3.63) is 34.9 Å². The second-order valence-electron chi connectivity index (χ2n) is 5.15. The van der Waals surface area contributed by atoms with E-state index in [1.165, 1.54) is 25.7 Å². The quantitative estimate of drug-likeness (QED) is 0.827. The molecule has 0 bridgehead atoms. The van der Waals surface area contributed by atoms with Crippen LogP contribution in [0.1, 0.15) is 37.4 Å². The highest BCUT2D eigenvalue weighted by atomic mass is 35.5. The van der Waals surface area contributed by atoms with E-state index in [2.05, 4.69) is 11.4 Å². The lowest BCUT2D eigenvalue weighted by Crippen LogP contribution is -2.49. The fraction of sp³-hybridized carbons (Fsp3) is 0.571. The van der Waals surface area contributed by atoms with Crippen LogP contribution in [-0.4, -0.2) is 18.7 Å². The molecule has 0 aromatic heterocycles. The highest BCUT2D eigenvalue weighted by Gasteiger charge is 2.40. The van der Waals surface area contributed by atoms with Crippen LogP contribution in [0.4, 0.5) is 0 Å². The van der Waals surface area contributed by atoms with Gasteiger partial charge in [0.05, 0.1) is 11.7 Å². The van der Waals surface area contributed by atoms with E-state index in [1.807, 2.05) is 18.2 Å². The molecule has 1 aromatic carbocycles. The van der Waals surface area contributed by atoms with E-state index in [-0.39, 0.29) is 11.7 Å². The average molecular weight is 252 g/mol. The van der Waals surface area contributed by atoms with Crippen molar-refractivity contribution in [2.45, 2.75) is 37.4 Å². The van der Waals surface area contributed by atoms with Gasteiger partial charge in [0.15, 0.2) is 0 Å². The lowest BCUT2D eigenvalue weighted by molar-refractivity contribution is -0.114. The van der Waals surface area contributed by atoms with Gasteiger partial charge in [0.1, 0.15) is 0 Å². The van der Waals surface area contributed by atoms with Crippen LogP contribution in [0.5, 0.6) is 0 Å². The summed E-state index contributed by atoms with van der Waals surface area (Å²) in [6.45, 7) is 1.86. The summed E-state index contributed by atoms with van der Waals surface area (Å²) < 4.78 is 6.35. The fourth-order valence-electron chi connectivity index (χ4n) is 3.04. The van der Waals surface area contributed by atoms with Crippen LogP contribution in [0.2, 0.25) is 5.02 Å². The summed E-state index contributed by atoms with van der Waals surface area (Å²) >= 11 is 6.24. The minimum absolute atomic E-state index is 0.0715. The molecule has 1 saturated heterocycles. The minimum atomic E-state index is 0.0715. The predicted molar refractivity (Wildman–Crippen MR) is 69.3 cm³/mol. The Morgan fingerprint density at radius 1 is 1.24 bits per heavy atom. The molecule has 17 heavy (non-hydrogen) atoms. The smallest absolute Gasteiger partial charge is 0.0971 e. The van der Waals surface area contributed by atoms with E-state index in [4.69, 9.17) is 16.3 Å². The Bertz CT molecular complexity index is 401. The van der Waals surface area contributed by atoms with Gasteiger partial charge in [0.25, 0.3) is 0 Å². The largest absolute Gasteiger partial charge is 0.364 e. The summed E-state index contributed by atoms with van der Waals surface area (Å²) in [5.41, 5.74) is 1.19. The third kappa shape index (κ3) is 2.22. The third-order valence-electron chi connectivity index (χ3n) is 3.94. The second kappa shape index (κ2) is 4.60. The van der Waals surface area contributed by atoms with Gasteiger partial charge in [0.2, 0.25) is 0 Å². The minimum Gasteiger partial charge on any atom is -0.364 e. The van der Waals surface area contributed by atoms with Crippen molar-refractivity contribution in [1.29, 1.82) is 0 Å². The van der Waals surface area contributed by atoms with Gasteiger partial charge in [0, 0.05) is 23.7 Å². The molecule has 1 spiro atoms. The molecule has 1 aliphatic heterocycles. The first-order valence-corrected chi connectivity index (χ1v) is 6.80. The van der Waals surface area contributed by atoms with Gasteiger partial charge in [-0.3, -0.25) is 0 Å². The summed E-state index contributed by atoms with van der Waals surface area (Å²) in [4.78, 5) is 0. The molecule has 1 aliphatic carbocycles. The van der Waals surface area contributed by atoms with Gasteiger partial charge in [-0.1, -0.05) is 42.6 Å². The topological polar surface area (TPSA) is 21.3 Å². The van der Waals surface area contributed by atoms with Crippen LogP contribution in [0.25, 0.3) is 0 Å². The average Bonchev–Trinajstić information content (AvgIpc) is 2.78. The number of hydrogen-bond acceptors (Lipinski definition) is 2. The molecule has 3 heteroatoms. The first-order valence-electron chi connectivity index (χ1n) is 6.42. The Morgan fingerprint density at radius 2 is 2.00 bits per heavy atom. The maximum absolute atomic E-state index is 6.35. The van der Waals surface area contributed by atoms with E-state index in [1.54, 1.807) is 0 Å². The maximum Gasteiger partial charge on any atom is 0.0971 e. The first kappa shape index (κ1) is 11.5. The molecule has 2 aliphatic rings. The van der Waals surface area contributed by atoms with Gasteiger partial charge < -0.3 is 10.1 Å². The molecule has 2 fully saturated rings. The number of benzene rings is 1. The molecular formula is C14H18ClNO. The normalized spacial score (nSPS) is 27.5. The summed E-state index contributed by atoms with van der Waals surface area (Å²) in [6.07, 6.45) is 5.05. The standard InChI is InChI=1S/C14H18ClNO/c15-12-6-2-1-5-11(12)13-9-16-10-14(17-13)7-3-4-8-14/h1-2,5-6,13,16H,3-4,7-10H2. The molecule has 1 atom stereocenters. The van der Waals surface area contributed by atoms with Crippen molar-refractivity contribution in [3.63, 3.8) is 0 Å². The van der Waals surface area contributed by atoms with Crippen LogP contribution >= 0.6 is 11.6 Å². The summed E-state index contributed by atoms with van der Waals surface area (Å²) in [5.74, 6) is 0. The summed E-state index contributed by atoms with van der Waals surface area (Å²) in [6, 6.07) is 8.01. The van der Waals surface area contributed by atoms with E-state index in [0.29, 0.717) is 0 Å². The maximum atomic E-state index is 6.35. The van der Waals surface area contributed by atoms with Crippen LogP contribution < -0.4 is 5.32 Å². The number of nitrogens with one attached hydrogen (secondary N) is 1. The first-order chi connectivity index (χ1) is 8.29. The van der Waals surface area contributed by atoms with E-state index >= 15 is 0 Å². The van der Waals surface area contributed by atoms with Gasteiger partial charge in [-0.2, -0.15) is 0 Å². The van der Waals surface area contributed by atoms with Gasteiger partial charge >= 0.3 is 0 Å². The number of rotatable bonds is 1. The Balaban J connectivity index is 1.82. The summed E-state index contributed by atoms with van der Waals surface area (Å²) in [7, 11) is 0. The highest BCUT2D eigenvalue weighted by molar-refractivity contribution is 6.31. The van der Waals surface area contributed by atoms with Crippen molar-refractivity contribution >= 4 is 11.6 Å². The van der Waals surface area contributed by atoms with E-state index < -0.39 is 0 Å². The molecule has 2 nitrogen and oxygen atoms in total. The van der Waals surface area contributed by atoms with Gasteiger partial charge in [-0.05, 0) is 18.9 Å². The predicted octanol–water partition coefficient (Wildman–Crippen LogP) is 3.31. The Morgan fingerprint density at radius 3 is 2.76 bits per heavy atom. The highest BCUT2D eigenvalue weighted by Crippen LogP contribution is 2.40. The zero-order valence-electron chi connectivity index (χ0n) is 9.92. The number of halogens is 1. The van der Waals surface area contributed by atoms with Crippen LogP contribution in [0, 0.1) is 0 Å². The van der Waals surface area contributed by atoms with Crippen LogP contribution in [0.15, 0.2) is 24.3 Å². The van der Waals surface area contributed by atoms with E-state index in [0.717, 1.165) is 23.7 Å². The Kier molecular flexibility index (Phi) is 3.12. The molecule has 1 heterocycles. The molecule has 1 saturated carbocycles. The van der Waals surface area contributed by atoms with Crippen molar-refractivity contribution in [2.24, 2.45) is 0 Å². The van der Waals surface area contributed by atoms with Crippen molar-refractivity contribution < 1.29 is 4.74 Å².